The maximum absolute atomic E-state index is 12.2. The van der Waals surface area contributed by atoms with Gasteiger partial charge in [-0.3, -0.25) is 4.79 Å². The van der Waals surface area contributed by atoms with Crippen molar-refractivity contribution in [3.05, 3.63) is 0 Å². The van der Waals surface area contributed by atoms with Crippen LogP contribution in [0.3, 0.4) is 0 Å². The van der Waals surface area contributed by atoms with Crippen LogP contribution in [0.1, 0.15) is 90.4 Å². The molecule has 0 aromatic heterocycles. The van der Waals surface area contributed by atoms with Gasteiger partial charge >= 0.3 is 5.97 Å². The molecular weight excluding hydrogens is 386 g/mol. The van der Waals surface area contributed by atoms with Gasteiger partial charge in [0.1, 0.15) is 6.10 Å². The van der Waals surface area contributed by atoms with Crippen molar-refractivity contribution < 1.29 is 22.4 Å². The fourth-order valence-electron chi connectivity index (χ4n) is 3.99. The van der Waals surface area contributed by atoms with Crippen LogP contribution in [0.2, 0.25) is 0 Å². The molecule has 0 aromatic rings. The average Bonchev–Trinajstić information content (AvgIpc) is 2.61. The minimum absolute atomic E-state index is 0.0212. The Morgan fingerprint density at radius 1 is 0.793 bits per heavy atom. The zero-order valence-electron chi connectivity index (χ0n) is 19.5. The van der Waals surface area contributed by atoms with Gasteiger partial charge in [0.2, 0.25) is 0 Å². The molecule has 172 valence electrons. The Hall–Kier alpha value is -0.620. The molecule has 0 aliphatic carbocycles. The predicted octanol–water partition coefficient (Wildman–Crippen LogP) is 4.74. The molecular formula is C23H46NO4S+. The molecule has 1 aliphatic rings. The van der Waals surface area contributed by atoms with Crippen molar-refractivity contribution in [1.82, 2.24) is 0 Å². The maximum atomic E-state index is 12.2. The van der Waals surface area contributed by atoms with E-state index in [-0.39, 0.29) is 29.5 Å². The smallest absolute Gasteiger partial charge is 0.313 e. The Morgan fingerprint density at radius 2 is 1.34 bits per heavy atom. The molecule has 0 N–H and O–H groups in total. The van der Waals surface area contributed by atoms with Crippen molar-refractivity contribution in [3.63, 3.8) is 0 Å². The molecule has 2 atom stereocenters. The summed E-state index contributed by atoms with van der Waals surface area (Å²) in [5.74, 6) is 0.539. The van der Waals surface area contributed by atoms with Crippen molar-refractivity contribution in [2.75, 3.05) is 39.2 Å². The van der Waals surface area contributed by atoms with Crippen LogP contribution < -0.4 is 0 Å². The summed E-state index contributed by atoms with van der Waals surface area (Å²) in [5, 5.41) is 0. The van der Waals surface area contributed by atoms with Crippen molar-refractivity contribution in [2.24, 2.45) is 5.92 Å². The number of hydrogen-bond acceptors (Lipinski definition) is 4. The van der Waals surface area contributed by atoms with E-state index < -0.39 is 9.84 Å². The van der Waals surface area contributed by atoms with E-state index in [2.05, 4.69) is 28.1 Å². The van der Waals surface area contributed by atoms with Crippen molar-refractivity contribution in [1.29, 1.82) is 0 Å². The first-order valence-electron chi connectivity index (χ1n) is 11.9. The third kappa shape index (κ3) is 12.6. The van der Waals surface area contributed by atoms with Crippen LogP contribution in [0.15, 0.2) is 0 Å². The van der Waals surface area contributed by atoms with E-state index in [1.165, 1.54) is 44.9 Å². The normalized spacial score (nSPS) is 19.8. The number of unbranched alkanes of at least 4 members (excludes halogenated alkanes) is 8. The van der Waals surface area contributed by atoms with Gasteiger partial charge in [-0.05, 0) is 25.7 Å². The number of nitrogens with zero attached hydrogens (tertiary/aromatic N) is 1. The second-order valence-corrected chi connectivity index (χ2v) is 12.2. The zero-order chi connectivity index (χ0) is 21.8. The van der Waals surface area contributed by atoms with Gasteiger partial charge in [-0.15, -0.1) is 0 Å². The SMILES string of the molecule is CCCCCCCCCC[C@@H]1C(=O)O[C@H]1CCCCS(=O)(=O)CCC[N+](C)(C)C. The number of hydrogen-bond donors (Lipinski definition) is 0. The molecule has 29 heavy (non-hydrogen) atoms. The monoisotopic (exact) mass is 432 g/mol. The molecule has 5 nitrogen and oxygen atoms in total. The van der Waals surface area contributed by atoms with Crippen molar-refractivity contribution >= 4 is 15.8 Å². The first-order valence-corrected chi connectivity index (χ1v) is 13.7. The molecule has 1 rings (SSSR count). The summed E-state index contributed by atoms with van der Waals surface area (Å²) in [6, 6.07) is 0. The van der Waals surface area contributed by atoms with Crippen LogP contribution in [-0.4, -0.2) is 64.2 Å². The highest BCUT2D eigenvalue weighted by atomic mass is 32.2. The molecule has 1 aliphatic heterocycles. The molecule has 0 radical (unpaired) electrons. The summed E-state index contributed by atoms with van der Waals surface area (Å²) in [6.07, 6.45) is 14.2. The van der Waals surface area contributed by atoms with Gasteiger partial charge in [-0.25, -0.2) is 8.42 Å². The number of sulfone groups is 1. The first kappa shape index (κ1) is 26.4. The molecule has 0 bridgehead atoms. The molecule has 0 aromatic carbocycles. The average molecular weight is 433 g/mol. The highest BCUT2D eigenvalue weighted by molar-refractivity contribution is 7.91. The quantitative estimate of drug-likeness (QED) is 0.178. The molecule has 6 heteroatoms. The molecule has 1 saturated heterocycles. The Labute approximate surface area is 180 Å². The minimum Gasteiger partial charge on any atom is -0.461 e. The number of quaternary nitrogens is 1. The lowest BCUT2D eigenvalue weighted by molar-refractivity contribution is -0.870. The molecule has 0 unspecified atom stereocenters. The predicted molar refractivity (Wildman–Crippen MR) is 121 cm³/mol. The lowest BCUT2D eigenvalue weighted by atomic mass is 9.88. The Morgan fingerprint density at radius 3 is 1.93 bits per heavy atom. The van der Waals surface area contributed by atoms with Crippen LogP contribution in [0.25, 0.3) is 0 Å². The van der Waals surface area contributed by atoms with E-state index in [4.69, 9.17) is 4.74 Å². The number of carbonyl (C=O) groups is 1. The van der Waals surface area contributed by atoms with Crippen molar-refractivity contribution in [2.45, 2.75) is 96.5 Å². The maximum Gasteiger partial charge on any atom is 0.313 e. The third-order valence-corrected chi connectivity index (χ3v) is 7.69. The number of esters is 1. The minimum atomic E-state index is -2.96. The molecule has 0 amide bonds. The standard InChI is InChI=1S/C23H46NO4S/c1-5-6-7-8-9-10-11-12-16-21-22(28-23(21)25)17-13-14-19-29(26,27)20-15-18-24(2,3)4/h21-22H,5-20H2,1-4H3/q+1/t21-,22-/m0/s1. The second-order valence-electron chi connectivity index (χ2n) is 9.86. The van der Waals surface area contributed by atoms with Gasteiger partial charge in [0, 0.05) is 6.42 Å². The summed E-state index contributed by atoms with van der Waals surface area (Å²) < 4.78 is 30.4. The van der Waals surface area contributed by atoms with Gasteiger partial charge < -0.3 is 9.22 Å². The van der Waals surface area contributed by atoms with E-state index in [0.717, 1.165) is 36.7 Å². The summed E-state index contributed by atoms with van der Waals surface area (Å²) in [5.41, 5.74) is 0. The van der Waals surface area contributed by atoms with E-state index in [9.17, 15) is 13.2 Å². The summed E-state index contributed by atoms with van der Waals surface area (Å²) >= 11 is 0. The molecule has 0 saturated carbocycles. The zero-order valence-corrected chi connectivity index (χ0v) is 20.3. The Balaban J connectivity index is 2.09. The fraction of sp³-hybridized carbons (Fsp3) is 0.957. The van der Waals surface area contributed by atoms with E-state index in [1.807, 2.05) is 0 Å². The second kappa shape index (κ2) is 13.6. The van der Waals surface area contributed by atoms with Gasteiger partial charge in [-0.1, -0.05) is 58.3 Å². The lowest BCUT2D eigenvalue weighted by Crippen LogP contribution is -2.45. The molecule has 1 heterocycles. The fourth-order valence-corrected chi connectivity index (χ4v) is 5.41. The molecule has 0 spiro atoms. The van der Waals surface area contributed by atoms with Gasteiger partial charge in [0.05, 0.1) is 45.1 Å². The number of carbonyl (C=O) groups excluding carboxylic acids is 1. The van der Waals surface area contributed by atoms with Crippen LogP contribution in [0.4, 0.5) is 0 Å². The van der Waals surface area contributed by atoms with Crippen LogP contribution in [0.5, 0.6) is 0 Å². The summed E-state index contributed by atoms with van der Waals surface area (Å²) in [7, 11) is 3.28. The summed E-state index contributed by atoms with van der Waals surface area (Å²) in [4.78, 5) is 11.8. The third-order valence-electron chi connectivity index (χ3n) is 5.87. The number of rotatable bonds is 18. The Bertz CT molecular complexity index is 554. The lowest BCUT2D eigenvalue weighted by Gasteiger charge is -2.35. The number of ether oxygens (including phenoxy) is 1. The van der Waals surface area contributed by atoms with Crippen LogP contribution >= 0.6 is 0 Å². The van der Waals surface area contributed by atoms with Gasteiger partial charge in [0.15, 0.2) is 9.84 Å². The van der Waals surface area contributed by atoms with E-state index in [1.54, 1.807) is 0 Å². The van der Waals surface area contributed by atoms with Gasteiger partial charge in [0.25, 0.3) is 0 Å². The molecule has 1 fully saturated rings. The highest BCUT2D eigenvalue weighted by Gasteiger charge is 2.40. The Kier molecular flexibility index (Phi) is 12.4. The van der Waals surface area contributed by atoms with Crippen molar-refractivity contribution in [3.8, 4) is 0 Å². The topological polar surface area (TPSA) is 60.4 Å². The summed E-state index contributed by atoms with van der Waals surface area (Å²) in [6.45, 7) is 3.11. The highest BCUT2D eigenvalue weighted by Crippen LogP contribution is 2.31. The van der Waals surface area contributed by atoms with Gasteiger partial charge in [-0.2, -0.15) is 0 Å². The largest absolute Gasteiger partial charge is 0.461 e. The van der Waals surface area contributed by atoms with E-state index in [0.29, 0.717) is 12.8 Å². The van der Waals surface area contributed by atoms with Crippen LogP contribution in [0, 0.1) is 5.92 Å². The first-order chi connectivity index (χ1) is 13.6. The van der Waals surface area contributed by atoms with E-state index >= 15 is 0 Å². The number of cyclic esters (lactones) is 1. The van der Waals surface area contributed by atoms with Crippen LogP contribution in [-0.2, 0) is 19.4 Å².